The van der Waals surface area contributed by atoms with Crippen LogP contribution in [0.1, 0.15) is 48.1 Å². The van der Waals surface area contributed by atoms with Crippen LogP contribution in [0.2, 0.25) is 0 Å². The topological polar surface area (TPSA) is 50.7 Å². The summed E-state index contributed by atoms with van der Waals surface area (Å²) in [4.78, 5) is 16.4. The third-order valence-electron chi connectivity index (χ3n) is 4.62. The average Bonchev–Trinajstić information content (AvgIpc) is 3.50. The maximum atomic E-state index is 13.4. The highest BCUT2D eigenvalue weighted by Crippen LogP contribution is 2.40. The van der Waals surface area contributed by atoms with Gasteiger partial charge < -0.3 is 10.1 Å². The van der Waals surface area contributed by atoms with Gasteiger partial charge in [-0.2, -0.15) is 13.2 Å². The van der Waals surface area contributed by atoms with Gasteiger partial charge in [-0.15, -0.1) is 0 Å². The molecule has 1 N–H and O–H groups in total. The summed E-state index contributed by atoms with van der Waals surface area (Å²) in [6.07, 6.45) is -2.87. The second kappa shape index (κ2) is 8.68. The monoisotopic (exact) mass is 404 g/mol. The Morgan fingerprint density at radius 3 is 2.62 bits per heavy atom. The van der Waals surface area contributed by atoms with Gasteiger partial charge in [-0.25, -0.2) is 0 Å². The van der Waals surface area contributed by atoms with Crippen molar-refractivity contribution in [2.24, 2.45) is 4.99 Å². The van der Waals surface area contributed by atoms with E-state index in [9.17, 15) is 18.0 Å². The first-order valence-electron chi connectivity index (χ1n) is 9.52. The Kier molecular flexibility index (Phi) is 6.25. The molecule has 0 spiro atoms. The fourth-order valence-electron chi connectivity index (χ4n) is 3.11. The highest BCUT2D eigenvalue weighted by Gasteiger charge is 2.37. The number of hydrogen-bond donors (Lipinski definition) is 1. The van der Waals surface area contributed by atoms with Crippen LogP contribution in [0.3, 0.4) is 0 Å². The van der Waals surface area contributed by atoms with E-state index in [0.29, 0.717) is 19.4 Å². The maximum Gasteiger partial charge on any atom is 0.416 e. The van der Waals surface area contributed by atoms with E-state index < -0.39 is 23.9 Å². The molecule has 4 nitrogen and oxygen atoms in total. The minimum Gasteiger partial charge on any atom is -0.481 e. The number of carbonyl (C=O) groups excluding carboxylic acids is 1. The van der Waals surface area contributed by atoms with Crippen molar-refractivity contribution in [3.63, 3.8) is 0 Å². The molecule has 0 radical (unpaired) electrons. The summed E-state index contributed by atoms with van der Waals surface area (Å²) < 4.78 is 45.9. The lowest BCUT2D eigenvalue weighted by atomic mass is 10.0. The van der Waals surface area contributed by atoms with Crippen LogP contribution in [-0.4, -0.2) is 18.2 Å². The number of amides is 1. The average molecular weight is 404 g/mol. The molecule has 3 rings (SSSR count). The first-order valence-corrected chi connectivity index (χ1v) is 9.52. The predicted molar refractivity (Wildman–Crippen MR) is 105 cm³/mol. The van der Waals surface area contributed by atoms with E-state index in [-0.39, 0.29) is 17.2 Å². The van der Waals surface area contributed by atoms with E-state index in [1.54, 1.807) is 0 Å². The number of aryl methyl sites for hydroxylation is 1. The van der Waals surface area contributed by atoms with E-state index in [1.807, 2.05) is 38.1 Å². The number of ether oxygens (including phenoxy) is 1. The number of aliphatic imine (C=N–C) groups is 1. The number of alkyl halides is 3. The van der Waals surface area contributed by atoms with Crippen LogP contribution in [0.4, 0.5) is 13.2 Å². The van der Waals surface area contributed by atoms with Crippen molar-refractivity contribution in [2.45, 2.75) is 51.6 Å². The summed E-state index contributed by atoms with van der Waals surface area (Å²) in [6.45, 7) is 4.18. The van der Waals surface area contributed by atoms with Crippen molar-refractivity contribution in [1.29, 1.82) is 0 Å². The van der Waals surface area contributed by atoms with Gasteiger partial charge >= 0.3 is 6.18 Å². The zero-order chi connectivity index (χ0) is 21.0. The number of carbonyl (C=O) groups is 1. The van der Waals surface area contributed by atoms with Gasteiger partial charge in [0.15, 0.2) is 6.10 Å². The third kappa shape index (κ3) is 5.59. The third-order valence-corrected chi connectivity index (χ3v) is 4.62. The highest BCUT2D eigenvalue weighted by molar-refractivity contribution is 5.81. The summed E-state index contributed by atoms with van der Waals surface area (Å²) >= 11 is 0. The molecular formula is C22H23F3N2O2. The van der Waals surface area contributed by atoms with Gasteiger partial charge in [0.25, 0.3) is 5.91 Å². The summed E-state index contributed by atoms with van der Waals surface area (Å²) in [5.74, 6) is -0.331. The van der Waals surface area contributed by atoms with E-state index >= 15 is 0 Å². The van der Waals surface area contributed by atoms with Crippen molar-refractivity contribution in [3.8, 4) is 5.75 Å². The molecule has 0 saturated carbocycles. The van der Waals surface area contributed by atoms with Crippen molar-refractivity contribution in [1.82, 2.24) is 5.32 Å². The number of nitrogens with one attached hydrogen (secondary N) is 1. The van der Waals surface area contributed by atoms with Crippen LogP contribution < -0.4 is 10.1 Å². The van der Waals surface area contributed by atoms with E-state index in [1.165, 1.54) is 18.3 Å². The van der Waals surface area contributed by atoms with Crippen LogP contribution >= 0.6 is 0 Å². The number of halogens is 3. The van der Waals surface area contributed by atoms with Gasteiger partial charge in [-0.05, 0) is 36.6 Å². The van der Waals surface area contributed by atoms with Crippen molar-refractivity contribution >= 4 is 12.1 Å². The van der Waals surface area contributed by atoms with Gasteiger partial charge in [0, 0.05) is 12.8 Å². The zero-order valence-electron chi connectivity index (χ0n) is 16.3. The second-order valence-electron chi connectivity index (χ2n) is 7.09. The molecule has 7 heteroatoms. The molecule has 0 saturated heterocycles. The number of nitrogens with zero attached hydrogens (tertiary/aromatic N) is 1. The molecule has 154 valence electrons. The van der Waals surface area contributed by atoms with Gasteiger partial charge in [0.2, 0.25) is 0 Å². The fraction of sp³-hybridized carbons (Fsp3) is 0.364. The molecular weight excluding hydrogens is 381 g/mol. The number of rotatable bonds is 8. The highest BCUT2D eigenvalue weighted by atomic mass is 19.4. The Labute approximate surface area is 167 Å². The lowest BCUT2D eigenvalue weighted by Gasteiger charge is -2.20. The molecule has 1 amide bonds. The molecule has 0 aromatic heterocycles. The lowest BCUT2D eigenvalue weighted by molar-refractivity contribution is -0.138. The molecule has 0 aliphatic carbocycles. The smallest absolute Gasteiger partial charge is 0.416 e. The zero-order valence-corrected chi connectivity index (χ0v) is 16.3. The molecule has 2 aromatic rings. The van der Waals surface area contributed by atoms with Crippen LogP contribution in [-0.2, 0) is 17.5 Å². The number of benzene rings is 2. The van der Waals surface area contributed by atoms with Gasteiger partial charge in [0.05, 0.1) is 5.56 Å². The van der Waals surface area contributed by atoms with Crippen LogP contribution in [0.25, 0.3) is 0 Å². The molecule has 1 unspecified atom stereocenters. The largest absolute Gasteiger partial charge is 0.481 e. The van der Waals surface area contributed by atoms with Crippen molar-refractivity contribution in [2.75, 3.05) is 0 Å². The SMILES string of the molecule is CCC[C@H](Oc1ccc(C2C=N2)c(C(F)(F)F)c1)C(=O)NCc1cccc(C)c1. The van der Waals surface area contributed by atoms with E-state index in [2.05, 4.69) is 10.3 Å². The standard InChI is InChI=1S/C22H23F3N2O2/c1-3-5-20(21(28)27-12-15-7-4-6-14(2)10-15)29-16-8-9-17(19-13-26-19)18(11-16)22(23,24)25/h4,6-11,13,19-20H,3,5,12H2,1-2H3,(H,27,28)/t19?,20-/m0/s1. The predicted octanol–water partition coefficient (Wildman–Crippen LogP) is 5.00. The number of hydrogen-bond acceptors (Lipinski definition) is 3. The summed E-state index contributed by atoms with van der Waals surface area (Å²) in [6, 6.07) is 11.0. The summed E-state index contributed by atoms with van der Waals surface area (Å²) in [7, 11) is 0. The molecule has 2 atom stereocenters. The second-order valence-corrected chi connectivity index (χ2v) is 7.09. The molecule has 1 aliphatic heterocycles. The Balaban J connectivity index is 1.71. The molecule has 1 heterocycles. The van der Waals surface area contributed by atoms with E-state index in [0.717, 1.165) is 17.2 Å². The summed E-state index contributed by atoms with van der Waals surface area (Å²) in [5, 5.41) is 2.81. The van der Waals surface area contributed by atoms with Gasteiger partial charge in [-0.3, -0.25) is 9.79 Å². The van der Waals surface area contributed by atoms with Gasteiger partial charge in [0.1, 0.15) is 11.8 Å². The van der Waals surface area contributed by atoms with Crippen molar-refractivity contribution in [3.05, 3.63) is 64.7 Å². The Morgan fingerprint density at radius 2 is 2.00 bits per heavy atom. The minimum atomic E-state index is -4.52. The van der Waals surface area contributed by atoms with Crippen LogP contribution in [0, 0.1) is 6.92 Å². The normalized spacial score (nSPS) is 16.4. The Hall–Kier alpha value is -2.83. The lowest BCUT2D eigenvalue weighted by Crippen LogP contribution is -2.38. The van der Waals surface area contributed by atoms with Crippen LogP contribution in [0.15, 0.2) is 47.5 Å². The first kappa shape index (κ1) is 20.9. The molecule has 0 bridgehead atoms. The fourth-order valence-corrected chi connectivity index (χ4v) is 3.11. The van der Waals surface area contributed by atoms with Crippen molar-refractivity contribution < 1.29 is 22.7 Å². The molecule has 0 fully saturated rings. The molecule has 29 heavy (non-hydrogen) atoms. The molecule has 1 aliphatic rings. The summed E-state index contributed by atoms with van der Waals surface area (Å²) in [5.41, 5.74) is 1.34. The quantitative estimate of drug-likeness (QED) is 0.673. The Bertz CT molecular complexity index is 903. The van der Waals surface area contributed by atoms with Gasteiger partial charge in [-0.1, -0.05) is 49.2 Å². The maximum absolute atomic E-state index is 13.4. The van der Waals surface area contributed by atoms with E-state index in [4.69, 9.17) is 4.74 Å². The van der Waals surface area contributed by atoms with Crippen LogP contribution in [0.5, 0.6) is 5.75 Å². The Morgan fingerprint density at radius 1 is 1.24 bits per heavy atom. The first-order chi connectivity index (χ1) is 13.8. The minimum absolute atomic E-state index is 0.0193. The molecule has 2 aromatic carbocycles.